The molecule has 3 heteroatoms. The Morgan fingerprint density at radius 3 is 2.82 bits per heavy atom. The van der Waals surface area contributed by atoms with Gasteiger partial charge in [-0.2, -0.15) is 5.26 Å². The monoisotopic (exact) mass is 145 g/mol. The fourth-order valence-corrected chi connectivity index (χ4v) is 0.750. The summed E-state index contributed by atoms with van der Waals surface area (Å²) in [6, 6.07) is 6.87. The van der Waals surface area contributed by atoms with Crippen molar-refractivity contribution in [3.05, 3.63) is 23.8 Å². The van der Waals surface area contributed by atoms with Crippen molar-refractivity contribution in [2.75, 3.05) is 5.73 Å². The fourth-order valence-electron chi connectivity index (χ4n) is 0.750. The van der Waals surface area contributed by atoms with Gasteiger partial charge in [0, 0.05) is 0 Å². The van der Waals surface area contributed by atoms with Crippen molar-refractivity contribution in [2.24, 2.45) is 4.99 Å². The number of nitriles is 1. The third-order valence-electron chi connectivity index (χ3n) is 1.33. The van der Waals surface area contributed by atoms with E-state index in [1.807, 2.05) is 6.07 Å². The average Bonchev–Trinajstić information content (AvgIpc) is 2.05. The van der Waals surface area contributed by atoms with E-state index in [0.29, 0.717) is 16.9 Å². The molecular formula is C8H7N3. The second kappa shape index (κ2) is 2.84. The number of benzene rings is 1. The molecule has 0 aliphatic carbocycles. The first-order valence-electron chi connectivity index (χ1n) is 3.04. The molecule has 0 saturated heterocycles. The lowest BCUT2D eigenvalue weighted by atomic mass is 10.2. The molecule has 1 aromatic rings. The van der Waals surface area contributed by atoms with Gasteiger partial charge in [0.15, 0.2) is 0 Å². The molecule has 0 spiro atoms. The van der Waals surface area contributed by atoms with Crippen LogP contribution in [-0.2, 0) is 0 Å². The minimum absolute atomic E-state index is 0.541. The van der Waals surface area contributed by atoms with E-state index >= 15 is 0 Å². The molecule has 0 bridgehead atoms. The lowest BCUT2D eigenvalue weighted by Gasteiger charge is -1.97. The number of nitrogens with two attached hydrogens (primary N) is 1. The molecule has 0 aliphatic rings. The van der Waals surface area contributed by atoms with Crippen LogP contribution in [0.25, 0.3) is 0 Å². The van der Waals surface area contributed by atoms with Crippen molar-refractivity contribution < 1.29 is 0 Å². The van der Waals surface area contributed by atoms with Gasteiger partial charge in [-0.15, -0.1) is 0 Å². The summed E-state index contributed by atoms with van der Waals surface area (Å²) >= 11 is 0. The zero-order chi connectivity index (χ0) is 8.27. The zero-order valence-electron chi connectivity index (χ0n) is 5.91. The Labute approximate surface area is 64.8 Å². The highest BCUT2D eigenvalue weighted by atomic mass is 14.7. The summed E-state index contributed by atoms with van der Waals surface area (Å²) in [6.07, 6.45) is 0. The third kappa shape index (κ3) is 1.36. The summed E-state index contributed by atoms with van der Waals surface area (Å²) in [7, 11) is 0. The largest absolute Gasteiger partial charge is 0.397 e. The Hall–Kier alpha value is -1.82. The molecule has 3 nitrogen and oxygen atoms in total. The van der Waals surface area contributed by atoms with Crippen LogP contribution in [0.2, 0.25) is 0 Å². The van der Waals surface area contributed by atoms with Crippen molar-refractivity contribution in [1.29, 1.82) is 5.26 Å². The molecule has 0 unspecified atom stereocenters. The highest BCUT2D eigenvalue weighted by Gasteiger charge is 1.96. The molecule has 54 valence electrons. The van der Waals surface area contributed by atoms with Crippen molar-refractivity contribution in [2.45, 2.75) is 0 Å². The summed E-state index contributed by atoms with van der Waals surface area (Å²) in [5, 5.41) is 8.50. The van der Waals surface area contributed by atoms with Gasteiger partial charge in [0.05, 0.1) is 23.0 Å². The smallest absolute Gasteiger partial charge is 0.0992 e. The fraction of sp³-hybridized carbons (Fsp3) is 0. The molecule has 11 heavy (non-hydrogen) atoms. The third-order valence-corrected chi connectivity index (χ3v) is 1.33. The van der Waals surface area contributed by atoms with E-state index in [1.54, 1.807) is 18.2 Å². The second-order valence-corrected chi connectivity index (χ2v) is 2.04. The molecule has 0 fully saturated rings. The maximum absolute atomic E-state index is 8.50. The van der Waals surface area contributed by atoms with Crippen molar-refractivity contribution in [3.8, 4) is 6.07 Å². The molecule has 0 radical (unpaired) electrons. The quantitative estimate of drug-likeness (QED) is 0.480. The van der Waals surface area contributed by atoms with Gasteiger partial charge in [-0.25, -0.2) is 0 Å². The molecule has 0 amide bonds. The molecule has 1 aromatic carbocycles. The Morgan fingerprint density at radius 2 is 2.27 bits per heavy atom. The van der Waals surface area contributed by atoms with E-state index in [9.17, 15) is 0 Å². The van der Waals surface area contributed by atoms with Gasteiger partial charge in [-0.3, -0.25) is 4.99 Å². The van der Waals surface area contributed by atoms with Gasteiger partial charge in [-0.1, -0.05) is 0 Å². The molecule has 1 rings (SSSR count). The second-order valence-electron chi connectivity index (χ2n) is 2.04. The van der Waals surface area contributed by atoms with Crippen LogP contribution in [0.4, 0.5) is 11.4 Å². The highest BCUT2D eigenvalue weighted by Crippen LogP contribution is 2.21. The Morgan fingerprint density at radius 1 is 1.55 bits per heavy atom. The van der Waals surface area contributed by atoms with Crippen LogP contribution < -0.4 is 5.73 Å². The van der Waals surface area contributed by atoms with Gasteiger partial charge in [0.2, 0.25) is 0 Å². The number of anilines is 1. The number of hydrogen-bond acceptors (Lipinski definition) is 3. The first kappa shape index (κ1) is 7.29. The maximum atomic E-state index is 8.50. The minimum Gasteiger partial charge on any atom is -0.397 e. The van der Waals surface area contributed by atoms with E-state index < -0.39 is 0 Å². The van der Waals surface area contributed by atoms with Crippen LogP contribution in [0, 0.1) is 11.3 Å². The van der Waals surface area contributed by atoms with Crippen molar-refractivity contribution in [3.63, 3.8) is 0 Å². The number of rotatable bonds is 1. The molecule has 0 saturated carbocycles. The minimum atomic E-state index is 0.541. The molecular weight excluding hydrogens is 138 g/mol. The van der Waals surface area contributed by atoms with Crippen LogP contribution in [0.15, 0.2) is 23.2 Å². The number of nitrogens with zero attached hydrogens (tertiary/aromatic N) is 2. The van der Waals surface area contributed by atoms with Gasteiger partial charge in [-0.05, 0) is 24.9 Å². The van der Waals surface area contributed by atoms with E-state index in [4.69, 9.17) is 11.0 Å². The van der Waals surface area contributed by atoms with Crippen molar-refractivity contribution in [1.82, 2.24) is 0 Å². The van der Waals surface area contributed by atoms with Crippen LogP contribution in [0.3, 0.4) is 0 Å². The summed E-state index contributed by atoms with van der Waals surface area (Å²) in [4.78, 5) is 3.65. The number of nitrogen functional groups attached to an aromatic ring is 1. The first-order chi connectivity index (χ1) is 5.27. The molecule has 0 heterocycles. The predicted octanol–water partition coefficient (Wildman–Crippen LogP) is 1.47. The normalized spacial score (nSPS) is 8.64. The SMILES string of the molecule is C=Nc1cc(C#N)ccc1N. The van der Waals surface area contributed by atoms with Crippen LogP contribution >= 0.6 is 0 Å². The first-order valence-corrected chi connectivity index (χ1v) is 3.04. The number of aliphatic imine (C=N–C) groups is 1. The van der Waals surface area contributed by atoms with E-state index in [0.717, 1.165) is 0 Å². The summed E-state index contributed by atoms with van der Waals surface area (Å²) in [6.45, 7) is 3.33. The van der Waals surface area contributed by atoms with Crippen molar-refractivity contribution >= 4 is 18.1 Å². The molecule has 0 atom stereocenters. The summed E-state index contributed by atoms with van der Waals surface area (Å²) in [5.74, 6) is 0. The lowest BCUT2D eigenvalue weighted by Crippen LogP contribution is -1.85. The lowest BCUT2D eigenvalue weighted by molar-refractivity contribution is 1.46. The molecule has 2 N–H and O–H groups in total. The van der Waals surface area contributed by atoms with Gasteiger partial charge < -0.3 is 5.73 Å². The standard InChI is InChI=1S/C8H7N3/c1-11-8-4-6(5-9)2-3-7(8)10/h2-4H,1,10H2. The maximum Gasteiger partial charge on any atom is 0.0992 e. The average molecular weight is 145 g/mol. The number of hydrogen-bond donors (Lipinski definition) is 1. The summed E-state index contributed by atoms with van der Waals surface area (Å²) in [5.41, 5.74) is 7.15. The predicted molar refractivity (Wildman–Crippen MR) is 44.8 cm³/mol. The van der Waals surface area contributed by atoms with Gasteiger partial charge in [0.1, 0.15) is 0 Å². The van der Waals surface area contributed by atoms with E-state index in [1.165, 1.54) is 0 Å². The zero-order valence-corrected chi connectivity index (χ0v) is 5.91. The van der Waals surface area contributed by atoms with Gasteiger partial charge in [0.25, 0.3) is 0 Å². The van der Waals surface area contributed by atoms with Gasteiger partial charge >= 0.3 is 0 Å². The van der Waals surface area contributed by atoms with E-state index in [-0.39, 0.29) is 0 Å². The van der Waals surface area contributed by atoms with Crippen LogP contribution in [-0.4, -0.2) is 6.72 Å². The Kier molecular flexibility index (Phi) is 1.88. The summed E-state index contributed by atoms with van der Waals surface area (Å²) < 4.78 is 0. The van der Waals surface area contributed by atoms with Crippen LogP contribution in [0.5, 0.6) is 0 Å². The topological polar surface area (TPSA) is 62.2 Å². The highest BCUT2D eigenvalue weighted by molar-refractivity contribution is 5.67. The van der Waals surface area contributed by atoms with E-state index in [2.05, 4.69) is 11.7 Å². The Balaban J connectivity index is 3.25. The molecule has 0 aromatic heterocycles. The molecule has 0 aliphatic heterocycles. The Bertz CT molecular complexity index is 323. The van der Waals surface area contributed by atoms with Crippen LogP contribution in [0.1, 0.15) is 5.56 Å².